The summed E-state index contributed by atoms with van der Waals surface area (Å²) in [7, 11) is 0. The number of hydrogen-bond acceptors (Lipinski definition) is 1. The van der Waals surface area contributed by atoms with Crippen LogP contribution in [0.1, 0.15) is 10.4 Å². The fourth-order valence-electron chi connectivity index (χ4n) is 1.49. The van der Waals surface area contributed by atoms with Gasteiger partial charge < -0.3 is 5.32 Å². The van der Waals surface area contributed by atoms with Crippen molar-refractivity contribution in [3.8, 4) is 0 Å². The molecule has 0 aliphatic carbocycles. The number of benzene rings is 2. The molecule has 2 aromatic rings. The first kappa shape index (κ1) is 15.1. The van der Waals surface area contributed by atoms with Crippen molar-refractivity contribution in [2.24, 2.45) is 0 Å². The highest BCUT2D eigenvalue weighted by Gasteiger charge is 2.17. The smallest absolute Gasteiger partial charge is 0.256 e. The molecule has 2 aromatic carbocycles. The first-order chi connectivity index (χ1) is 9.40. The highest BCUT2D eigenvalue weighted by molar-refractivity contribution is 14.1. The monoisotopic (exact) mass is 411 g/mol. The summed E-state index contributed by atoms with van der Waals surface area (Å²) in [6.45, 7) is 0. The third-order valence-electron chi connectivity index (χ3n) is 2.46. The van der Waals surface area contributed by atoms with Crippen molar-refractivity contribution >= 4 is 45.8 Å². The molecule has 0 heterocycles. The van der Waals surface area contributed by atoms with Crippen LogP contribution in [0, 0.1) is 21.0 Å². The number of amides is 1. The molecular formula is C13H6ClF3INO. The molecule has 0 fully saturated rings. The Labute approximate surface area is 131 Å². The Hall–Kier alpha value is -1.28. The summed E-state index contributed by atoms with van der Waals surface area (Å²) in [5.41, 5.74) is -0.182. The molecule has 2 rings (SSSR count). The van der Waals surface area contributed by atoms with Crippen molar-refractivity contribution in [3.05, 3.63) is 61.9 Å². The molecule has 0 unspecified atom stereocenters. The van der Waals surface area contributed by atoms with Gasteiger partial charge in [-0.2, -0.15) is 0 Å². The fourth-order valence-corrected chi connectivity index (χ4v) is 2.60. The molecule has 104 valence electrons. The summed E-state index contributed by atoms with van der Waals surface area (Å²) in [6, 6.07) is 6.20. The van der Waals surface area contributed by atoms with Gasteiger partial charge in [-0.15, -0.1) is 0 Å². The van der Waals surface area contributed by atoms with Crippen molar-refractivity contribution in [2.75, 3.05) is 5.32 Å². The standard InChI is InChI=1S/C13H6ClF3INO/c14-6-1-2-7(9(18)5-6)13(20)19-10-4-3-8(15)11(16)12(10)17/h1-5H,(H,19,20). The van der Waals surface area contributed by atoms with Gasteiger partial charge in [0.2, 0.25) is 0 Å². The van der Waals surface area contributed by atoms with Crippen LogP contribution < -0.4 is 5.32 Å². The zero-order valence-electron chi connectivity index (χ0n) is 9.68. The van der Waals surface area contributed by atoms with Gasteiger partial charge in [0.15, 0.2) is 17.5 Å². The summed E-state index contributed by atoms with van der Waals surface area (Å²) in [5, 5.41) is 2.64. The molecule has 20 heavy (non-hydrogen) atoms. The van der Waals surface area contributed by atoms with Gasteiger partial charge >= 0.3 is 0 Å². The number of nitrogens with one attached hydrogen (secondary N) is 1. The maximum Gasteiger partial charge on any atom is 0.256 e. The molecule has 1 N–H and O–H groups in total. The maximum atomic E-state index is 13.5. The maximum absolute atomic E-state index is 13.5. The zero-order valence-corrected chi connectivity index (χ0v) is 12.6. The van der Waals surface area contributed by atoms with Crippen molar-refractivity contribution < 1.29 is 18.0 Å². The van der Waals surface area contributed by atoms with Crippen LogP contribution in [0.5, 0.6) is 0 Å². The lowest BCUT2D eigenvalue weighted by molar-refractivity contribution is 0.102. The van der Waals surface area contributed by atoms with Crippen LogP contribution in [0.4, 0.5) is 18.9 Å². The molecule has 0 atom stereocenters. The quantitative estimate of drug-likeness (QED) is 0.567. The van der Waals surface area contributed by atoms with Gasteiger partial charge in [0.25, 0.3) is 5.91 Å². The minimum atomic E-state index is -1.63. The number of carbonyl (C=O) groups is 1. The van der Waals surface area contributed by atoms with E-state index in [9.17, 15) is 18.0 Å². The number of carbonyl (C=O) groups excluding carboxylic acids is 1. The van der Waals surface area contributed by atoms with Gasteiger partial charge in [0.1, 0.15) is 0 Å². The average molecular weight is 412 g/mol. The van der Waals surface area contributed by atoms with Crippen LogP contribution in [-0.2, 0) is 0 Å². The van der Waals surface area contributed by atoms with Crippen LogP contribution >= 0.6 is 34.2 Å². The molecule has 0 saturated heterocycles. The van der Waals surface area contributed by atoms with Gasteiger partial charge in [0, 0.05) is 8.59 Å². The van der Waals surface area contributed by atoms with E-state index in [1.54, 1.807) is 6.07 Å². The Morgan fingerprint density at radius 2 is 1.80 bits per heavy atom. The van der Waals surface area contributed by atoms with E-state index in [1.807, 2.05) is 22.6 Å². The summed E-state index contributed by atoms with van der Waals surface area (Å²) in [4.78, 5) is 12.0. The van der Waals surface area contributed by atoms with Crippen molar-refractivity contribution in [3.63, 3.8) is 0 Å². The van der Waals surface area contributed by atoms with Crippen LogP contribution in [0.2, 0.25) is 5.02 Å². The Balaban J connectivity index is 2.30. The van der Waals surface area contributed by atoms with Crippen LogP contribution in [-0.4, -0.2) is 5.91 Å². The number of halogens is 5. The van der Waals surface area contributed by atoms with Gasteiger partial charge in [-0.05, 0) is 52.9 Å². The molecule has 0 radical (unpaired) electrons. The molecule has 0 aromatic heterocycles. The first-order valence-electron chi connectivity index (χ1n) is 5.30. The third kappa shape index (κ3) is 3.06. The summed E-state index contributed by atoms with van der Waals surface area (Å²) >= 11 is 7.65. The van der Waals surface area contributed by atoms with Gasteiger partial charge in [-0.3, -0.25) is 4.79 Å². The molecule has 2 nitrogen and oxygen atoms in total. The highest BCUT2D eigenvalue weighted by Crippen LogP contribution is 2.22. The summed E-state index contributed by atoms with van der Waals surface area (Å²) in [5.74, 6) is -5.03. The minimum absolute atomic E-state index is 0.249. The molecule has 7 heteroatoms. The first-order valence-corrected chi connectivity index (χ1v) is 6.75. The fraction of sp³-hybridized carbons (Fsp3) is 0. The summed E-state index contributed by atoms with van der Waals surface area (Å²) in [6.07, 6.45) is 0. The SMILES string of the molecule is O=C(Nc1ccc(F)c(F)c1F)c1ccc(Cl)cc1I. The van der Waals surface area contributed by atoms with E-state index in [2.05, 4.69) is 5.32 Å². The topological polar surface area (TPSA) is 29.1 Å². The molecule has 0 aliphatic heterocycles. The van der Waals surface area contributed by atoms with Gasteiger partial charge in [0.05, 0.1) is 11.3 Å². The van der Waals surface area contributed by atoms with E-state index >= 15 is 0 Å². The lowest BCUT2D eigenvalue weighted by Gasteiger charge is -2.08. The lowest BCUT2D eigenvalue weighted by Crippen LogP contribution is -2.15. The molecule has 0 bridgehead atoms. The van der Waals surface area contributed by atoms with E-state index in [4.69, 9.17) is 11.6 Å². The number of hydrogen-bond donors (Lipinski definition) is 1. The second kappa shape index (κ2) is 6.01. The largest absolute Gasteiger partial charge is 0.319 e. The molecular weight excluding hydrogens is 406 g/mol. The van der Waals surface area contributed by atoms with Crippen molar-refractivity contribution in [1.82, 2.24) is 0 Å². The normalized spacial score (nSPS) is 10.4. The molecule has 0 spiro atoms. The Morgan fingerprint density at radius 3 is 2.45 bits per heavy atom. The summed E-state index contributed by atoms with van der Waals surface area (Å²) < 4.78 is 39.8. The molecule has 1 amide bonds. The average Bonchev–Trinajstić information content (AvgIpc) is 2.39. The van der Waals surface area contributed by atoms with Crippen LogP contribution in [0.15, 0.2) is 30.3 Å². The number of rotatable bonds is 2. The molecule has 0 aliphatic rings. The van der Waals surface area contributed by atoms with Gasteiger partial charge in [-0.25, -0.2) is 13.2 Å². The second-order valence-electron chi connectivity index (χ2n) is 3.80. The minimum Gasteiger partial charge on any atom is -0.319 e. The van der Waals surface area contributed by atoms with Crippen LogP contribution in [0.3, 0.4) is 0 Å². The Bertz CT molecular complexity index is 694. The third-order valence-corrected chi connectivity index (χ3v) is 3.59. The predicted octanol–water partition coefficient (Wildman–Crippen LogP) is 4.61. The molecule has 0 saturated carbocycles. The Kier molecular flexibility index (Phi) is 4.54. The Morgan fingerprint density at radius 1 is 1.10 bits per heavy atom. The highest BCUT2D eigenvalue weighted by atomic mass is 127. The van der Waals surface area contributed by atoms with E-state index in [0.29, 0.717) is 8.59 Å². The van der Waals surface area contributed by atoms with E-state index < -0.39 is 29.0 Å². The van der Waals surface area contributed by atoms with Crippen molar-refractivity contribution in [1.29, 1.82) is 0 Å². The second-order valence-corrected chi connectivity index (χ2v) is 5.40. The predicted molar refractivity (Wildman–Crippen MR) is 78.4 cm³/mol. The lowest BCUT2D eigenvalue weighted by atomic mass is 10.2. The van der Waals surface area contributed by atoms with Crippen molar-refractivity contribution in [2.45, 2.75) is 0 Å². The van der Waals surface area contributed by atoms with E-state index in [0.717, 1.165) is 12.1 Å². The van der Waals surface area contributed by atoms with E-state index in [1.165, 1.54) is 12.1 Å². The zero-order chi connectivity index (χ0) is 14.9. The number of anilines is 1. The van der Waals surface area contributed by atoms with Gasteiger partial charge in [-0.1, -0.05) is 11.6 Å². The van der Waals surface area contributed by atoms with Crippen LogP contribution in [0.25, 0.3) is 0 Å². The van der Waals surface area contributed by atoms with E-state index in [-0.39, 0.29) is 5.56 Å².